The number of carbonyl (C=O) groups excluding carboxylic acids is 1. The number of methoxy groups -OCH3 is 1. The Balaban J connectivity index is 0.00000300. The first-order valence-corrected chi connectivity index (χ1v) is 9.18. The van der Waals surface area contributed by atoms with Gasteiger partial charge in [-0.3, -0.25) is 9.74 Å². The van der Waals surface area contributed by atoms with Crippen molar-refractivity contribution in [3.05, 3.63) is 23.8 Å². The van der Waals surface area contributed by atoms with E-state index in [1.165, 1.54) is 12.0 Å². The Kier molecular flexibility index (Phi) is 7.94. The molecule has 0 saturated carbocycles. The van der Waals surface area contributed by atoms with Crippen molar-refractivity contribution in [2.45, 2.75) is 13.5 Å². The topological polar surface area (TPSA) is 66.5 Å². The number of carbonyl (C=O) groups is 1. The number of thiocarbonyl (C=S) groups is 1. The molecule has 0 aliphatic carbocycles. The lowest BCUT2D eigenvalue weighted by atomic mass is 10.2. The van der Waals surface area contributed by atoms with Gasteiger partial charge in [0.2, 0.25) is 0 Å². The van der Waals surface area contributed by atoms with Gasteiger partial charge in [0, 0.05) is 38.8 Å². The molecule has 8 nitrogen and oxygen atoms in total. The van der Waals surface area contributed by atoms with Crippen molar-refractivity contribution >= 4 is 34.9 Å². The van der Waals surface area contributed by atoms with Crippen LogP contribution < -0.4 is 15.1 Å². The molecule has 1 amide bonds. The van der Waals surface area contributed by atoms with E-state index in [1.807, 2.05) is 0 Å². The van der Waals surface area contributed by atoms with Crippen LogP contribution in [0.15, 0.2) is 12.1 Å². The standard InChI is InChI=1S/C17H22F2N4O4S.CH4/c1-21-3-4-22(5-6-26-21)15-13(18)7-11(8-14(15)19)23-10-12(27-17(23)24)9-20-16(28)25-2;/h7-8,12H,3-6,9-10H2,1-2H3,(H,20,28);1H4/t12-;/m0./s1. The van der Waals surface area contributed by atoms with Gasteiger partial charge in [0.05, 0.1) is 32.5 Å². The van der Waals surface area contributed by atoms with Crippen LogP contribution in [0.1, 0.15) is 7.43 Å². The number of benzene rings is 1. The molecule has 0 radical (unpaired) electrons. The van der Waals surface area contributed by atoms with Gasteiger partial charge in [-0.25, -0.2) is 13.6 Å². The highest BCUT2D eigenvalue weighted by Gasteiger charge is 2.34. The summed E-state index contributed by atoms with van der Waals surface area (Å²) in [5.41, 5.74) is -0.0253. The second-order valence-electron chi connectivity index (χ2n) is 6.42. The predicted molar refractivity (Wildman–Crippen MR) is 109 cm³/mol. The molecule has 1 N–H and O–H groups in total. The van der Waals surface area contributed by atoms with E-state index in [-0.39, 0.29) is 37.1 Å². The van der Waals surface area contributed by atoms with Crippen molar-refractivity contribution in [1.29, 1.82) is 0 Å². The third-order valence-corrected chi connectivity index (χ3v) is 4.83. The van der Waals surface area contributed by atoms with Gasteiger partial charge in [-0.05, 0) is 12.2 Å². The number of ether oxygens (including phenoxy) is 2. The smallest absolute Gasteiger partial charge is 0.414 e. The Morgan fingerprint density at radius 2 is 2.00 bits per heavy atom. The third kappa shape index (κ3) is 5.43. The Labute approximate surface area is 174 Å². The van der Waals surface area contributed by atoms with E-state index < -0.39 is 23.8 Å². The predicted octanol–water partition coefficient (Wildman–Crippen LogP) is 2.13. The Bertz CT molecular complexity index is 732. The largest absolute Gasteiger partial charge is 0.474 e. The number of nitrogens with zero attached hydrogens (tertiary/aromatic N) is 3. The maximum absolute atomic E-state index is 14.7. The first-order valence-electron chi connectivity index (χ1n) is 8.77. The van der Waals surface area contributed by atoms with E-state index in [2.05, 4.69) is 5.32 Å². The average molecular weight is 432 g/mol. The molecule has 2 aliphatic rings. The van der Waals surface area contributed by atoms with Crippen LogP contribution in [0, 0.1) is 11.6 Å². The van der Waals surface area contributed by atoms with Gasteiger partial charge in [-0.1, -0.05) is 7.43 Å². The molecule has 2 heterocycles. The van der Waals surface area contributed by atoms with Gasteiger partial charge in [-0.2, -0.15) is 5.06 Å². The minimum Gasteiger partial charge on any atom is -0.474 e. The summed E-state index contributed by atoms with van der Waals surface area (Å²) in [6.07, 6.45) is -1.20. The lowest BCUT2D eigenvalue weighted by molar-refractivity contribution is -0.126. The zero-order chi connectivity index (χ0) is 20.3. The molecule has 0 spiro atoms. The molecule has 2 saturated heterocycles. The van der Waals surface area contributed by atoms with Gasteiger partial charge < -0.3 is 19.7 Å². The molecule has 1 aromatic rings. The van der Waals surface area contributed by atoms with Crippen LogP contribution in [0.4, 0.5) is 25.0 Å². The van der Waals surface area contributed by atoms with E-state index in [9.17, 15) is 13.6 Å². The number of hydrogen-bond acceptors (Lipinski definition) is 7. The number of rotatable bonds is 4. The summed E-state index contributed by atoms with van der Waals surface area (Å²) in [6, 6.07) is 2.29. The molecule has 29 heavy (non-hydrogen) atoms. The summed E-state index contributed by atoms with van der Waals surface area (Å²) in [7, 11) is 3.19. The van der Waals surface area contributed by atoms with Crippen LogP contribution in [-0.4, -0.2) is 75.9 Å². The van der Waals surface area contributed by atoms with Crippen LogP contribution in [0.25, 0.3) is 0 Å². The number of cyclic esters (lactones) is 1. The first-order chi connectivity index (χ1) is 13.4. The van der Waals surface area contributed by atoms with Crippen molar-refractivity contribution in [3.63, 3.8) is 0 Å². The normalized spacial score (nSPS) is 20.0. The van der Waals surface area contributed by atoms with E-state index >= 15 is 0 Å². The van der Waals surface area contributed by atoms with Crippen LogP contribution in [0.3, 0.4) is 0 Å². The number of anilines is 2. The van der Waals surface area contributed by atoms with Crippen molar-refractivity contribution < 1.29 is 27.9 Å². The van der Waals surface area contributed by atoms with Gasteiger partial charge in [-0.15, -0.1) is 0 Å². The SMILES string of the molecule is C.COC(=S)NC[C@H]1CN(c2cc(F)c(N3CCON(C)CC3)c(F)c2)C(=O)O1. The third-order valence-electron chi connectivity index (χ3n) is 4.52. The summed E-state index contributed by atoms with van der Waals surface area (Å²) >= 11 is 4.87. The zero-order valence-corrected chi connectivity index (χ0v) is 16.4. The van der Waals surface area contributed by atoms with Crippen LogP contribution in [-0.2, 0) is 14.3 Å². The molecule has 2 aliphatic heterocycles. The fraction of sp³-hybridized carbons (Fsp3) is 0.556. The Hall–Kier alpha value is -2.24. The number of likely N-dealkylation sites (N-methyl/N-ethyl adjacent to an activating group) is 1. The molecule has 11 heteroatoms. The van der Waals surface area contributed by atoms with E-state index in [0.29, 0.717) is 26.2 Å². The summed E-state index contributed by atoms with van der Waals surface area (Å²) in [5, 5.41) is 4.59. The molecule has 1 aromatic carbocycles. The second kappa shape index (κ2) is 9.99. The molecule has 0 bridgehead atoms. The van der Waals surface area contributed by atoms with Gasteiger partial charge >= 0.3 is 6.09 Å². The van der Waals surface area contributed by atoms with Crippen molar-refractivity contribution in [2.75, 3.05) is 63.3 Å². The fourth-order valence-electron chi connectivity index (χ4n) is 3.09. The van der Waals surface area contributed by atoms with Crippen LogP contribution in [0.5, 0.6) is 0 Å². The number of nitrogens with one attached hydrogen (secondary N) is 1. The van der Waals surface area contributed by atoms with Crippen molar-refractivity contribution in [1.82, 2.24) is 10.4 Å². The molecular weight excluding hydrogens is 406 g/mol. The maximum atomic E-state index is 14.7. The van der Waals surface area contributed by atoms with E-state index in [0.717, 1.165) is 12.1 Å². The highest BCUT2D eigenvalue weighted by atomic mass is 32.1. The molecule has 3 rings (SSSR count). The summed E-state index contributed by atoms with van der Waals surface area (Å²) in [6.45, 7) is 1.99. The molecule has 0 unspecified atom stereocenters. The number of amides is 1. The molecule has 2 fully saturated rings. The van der Waals surface area contributed by atoms with Gasteiger partial charge in [0.15, 0.2) is 11.6 Å². The summed E-state index contributed by atoms with van der Waals surface area (Å²) in [5.74, 6) is -1.48. The van der Waals surface area contributed by atoms with E-state index in [4.69, 9.17) is 26.5 Å². The molecule has 162 valence electrons. The average Bonchev–Trinajstić information content (AvgIpc) is 2.90. The van der Waals surface area contributed by atoms with Crippen molar-refractivity contribution in [3.8, 4) is 0 Å². The second-order valence-corrected chi connectivity index (χ2v) is 6.79. The molecular formula is C18H26F2N4O4S. The lowest BCUT2D eigenvalue weighted by Crippen LogP contribution is -2.34. The maximum Gasteiger partial charge on any atom is 0.414 e. The molecule has 0 aromatic heterocycles. The first kappa shape index (κ1) is 23.0. The van der Waals surface area contributed by atoms with Crippen LogP contribution in [0.2, 0.25) is 0 Å². The lowest BCUT2D eigenvalue weighted by Gasteiger charge is -2.24. The number of hydroxylamine groups is 2. The summed E-state index contributed by atoms with van der Waals surface area (Å²) in [4.78, 5) is 20.3. The fourth-order valence-corrected chi connectivity index (χ4v) is 3.17. The summed E-state index contributed by atoms with van der Waals surface area (Å²) < 4.78 is 39.5. The zero-order valence-electron chi connectivity index (χ0n) is 15.6. The van der Waals surface area contributed by atoms with Crippen molar-refractivity contribution in [2.24, 2.45) is 0 Å². The highest BCUT2D eigenvalue weighted by molar-refractivity contribution is 7.80. The monoisotopic (exact) mass is 432 g/mol. The minimum absolute atomic E-state index is 0. The highest BCUT2D eigenvalue weighted by Crippen LogP contribution is 2.31. The molecule has 1 atom stereocenters. The number of hydrogen-bond donors (Lipinski definition) is 1. The van der Waals surface area contributed by atoms with E-state index in [1.54, 1.807) is 17.0 Å². The number of halogens is 2. The minimum atomic E-state index is -0.741. The van der Waals surface area contributed by atoms with Gasteiger partial charge in [0.1, 0.15) is 11.8 Å². The van der Waals surface area contributed by atoms with Gasteiger partial charge in [0.25, 0.3) is 5.17 Å². The quantitative estimate of drug-likeness (QED) is 0.726. The Morgan fingerprint density at radius 3 is 2.66 bits per heavy atom. The van der Waals surface area contributed by atoms with Crippen LogP contribution >= 0.6 is 12.2 Å². The Morgan fingerprint density at radius 1 is 1.31 bits per heavy atom.